The molecular weight excluding hydrogens is 476 g/mol. The lowest BCUT2D eigenvalue weighted by molar-refractivity contribution is -0.0507. The van der Waals surface area contributed by atoms with Crippen molar-refractivity contribution in [1.82, 2.24) is 19.4 Å². The van der Waals surface area contributed by atoms with Gasteiger partial charge in [-0.1, -0.05) is 12.1 Å². The predicted octanol–water partition coefficient (Wildman–Crippen LogP) is 4.94. The van der Waals surface area contributed by atoms with E-state index in [0.717, 1.165) is 52.1 Å². The van der Waals surface area contributed by atoms with E-state index < -0.39 is 12.2 Å². The monoisotopic (exact) mass is 501 g/mol. The van der Waals surface area contributed by atoms with E-state index in [0.29, 0.717) is 17.5 Å². The van der Waals surface area contributed by atoms with Crippen molar-refractivity contribution in [2.24, 2.45) is 5.73 Å². The number of aromatic nitrogens is 3. The summed E-state index contributed by atoms with van der Waals surface area (Å²) in [5.74, 6) is 0.548. The van der Waals surface area contributed by atoms with Gasteiger partial charge in [-0.15, -0.1) is 0 Å². The van der Waals surface area contributed by atoms with E-state index in [2.05, 4.69) is 16.7 Å². The van der Waals surface area contributed by atoms with Gasteiger partial charge in [0, 0.05) is 36.4 Å². The topological polar surface area (TPSA) is 86.3 Å². The van der Waals surface area contributed by atoms with E-state index in [9.17, 15) is 13.6 Å². The van der Waals surface area contributed by atoms with Crippen LogP contribution >= 0.6 is 0 Å². The molecule has 3 atom stereocenters. The second-order valence-corrected chi connectivity index (χ2v) is 10.5. The number of rotatable bonds is 3. The zero-order valence-electron chi connectivity index (χ0n) is 20.4. The molecule has 2 aromatic heterocycles. The van der Waals surface area contributed by atoms with Gasteiger partial charge in [0.25, 0.3) is 5.91 Å². The number of fused-ring (bicyclic) bond motifs is 10. The maximum atomic E-state index is 13.3. The maximum absolute atomic E-state index is 13.3. The Morgan fingerprint density at radius 2 is 2.00 bits per heavy atom. The maximum Gasteiger partial charge on any atom is 0.387 e. The van der Waals surface area contributed by atoms with E-state index in [1.54, 1.807) is 24.1 Å². The molecule has 2 N–H and O–H groups in total. The second-order valence-electron chi connectivity index (χ2n) is 10.5. The molecule has 3 aliphatic rings. The number of nitrogens with two attached hydrogens (primary N) is 1. The summed E-state index contributed by atoms with van der Waals surface area (Å²) in [6, 6.07) is 12.3. The smallest absolute Gasteiger partial charge is 0.387 e. The van der Waals surface area contributed by atoms with Gasteiger partial charge in [0.1, 0.15) is 11.6 Å². The van der Waals surface area contributed by atoms with Crippen LogP contribution in [0.3, 0.4) is 0 Å². The summed E-state index contributed by atoms with van der Waals surface area (Å²) in [4.78, 5) is 24.5. The number of alkyl halides is 2. The van der Waals surface area contributed by atoms with Crippen LogP contribution in [0.1, 0.15) is 64.9 Å². The first-order chi connectivity index (χ1) is 17.7. The number of carbonyl (C=O) groups excluding carboxylic acids is 1. The number of hydrogen-bond acceptors (Lipinski definition) is 5. The zero-order chi connectivity index (χ0) is 25.6. The minimum Gasteiger partial charge on any atom is -0.434 e. The highest BCUT2D eigenvalue weighted by Crippen LogP contribution is 2.50. The fraction of sp³-hybridized carbons (Fsp3) is 0.321. The van der Waals surface area contributed by atoms with Crippen LogP contribution in [-0.2, 0) is 12.0 Å². The Bertz CT molecular complexity index is 1610. The molecule has 7 nitrogen and oxygen atoms in total. The van der Waals surface area contributed by atoms with E-state index in [1.165, 1.54) is 6.07 Å². The van der Waals surface area contributed by atoms with Crippen LogP contribution in [0.2, 0.25) is 0 Å². The first-order valence-corrected chi connectivity index (χ1v) is 12.4. The minimum absolute atomic E-state index is 0.0263. The zero-order valence-corrected chi connectivity index (χ0v) is 20.4. The van der Waals surface area contributed by atoms with Gasteiger partial charge in [-0.05, 0) is 61.2 Å². The van der Waals surface area contributed by atoms with Gasteiger partial charge in [0.2, 0.25) is 0 Å². The molecule has 0 saturated carbocycles. The van der Waals surface area contributed by atoms with Crippen LogP contribution in [0.4, 0.5) is 8.78 Å². The van der Waals surface area contributed by atoms with E-state index >= 15 is 0 Å². The number of aryl methyl sites for hydroxylation is 1. The van der Waals surface area contributed by atoms with Crippen molar-refractivity contribution in [2.45, 2.75) is 50.4 Å². The van der Waals surface area contributed by atoms with Crippen LogP contribution in [0.25, 0.3) is 22.2 Å². The van der Waals surface area contributed by atoms with Crippen molar-refractivity contribution in [1.29, 1.82) is 0 Å². The summed E-state index contributed by atoms with van der Waals surface area (Å²) in [7, 11) is 1.74. The Kier molecular flexibility index (Phi) is 4.58. The van der Waals surface area contributed by atoms with E-state index in [-0.39, 0.29) is 23.7 Å². The lowest BCUT2D eigenvalue weighted by Crippen LogP contribution is -2.30. The van der Waals surface area contributed by atoms with Crippen LogP contribution < -0.4 is 10.5 Å². The molecule has 4 aromatic rings. The van der Waals surface area contributed by atoms with Crippen LogP contribution in [0.5, 0.6) is 5.75 Å². The standard InChI is InChI=1S/C28H25F2N5O2/c1-28(31)9-8-15-10-16(13-32-24(15)28)14-6-7-18-19(11-14)35-20-12-21(25(35)33-18)34(2)26(36)17-4-3-5-22(23(17)20)37-27(29)30/h3-7,10-11,13,20-21,27H,8-9,12,31H2,1-2H3/t20-,21-,28+/m1/s1. The van der Waals surface area contributed by atoms with Gasteiger partial charge in [0.15, 0.2) is 0 Å². The number of halogens is 2. The van der Waals surface area contributed by atoms with E-state index in [1.807, 2.05) is 25.3 Å². The van der Waals surface area contributed by atoms with Gasteiger partial charge >= 0.3 is 6.61 Å². The number of imidazole rings is 1. The Balaban J connectivity index is 1.41. The largest absolute Gasteiger partial charge is 0.434 e. The summed E-state index contributed by atoms with van der Waals surface area (Å²) in [5, 5.41) is 0. The quantitative estimate of drug-likeness (QED) is 0.430. The number of benzene rings is 2. The minimum atomic E-state index is -2.99. The first kappa shape index (κ1) is 22.4. The summed E-state index contributed by atoms with van der Waals surface area (Å²) >= 11 is 0. The Hall–Kier alpha value is -3.85. The molecule has 0 unspecified atom stereocenters. The molecule has 1 amide bonds. The van der Waals surface area contributed by atoms with Crippen molar-refractivity contribution in [3.8, 4) is 16.9 Å². The average Bonchev–Trinajstić information content (AvgIpc) is 3.50. The second kappa shape index (κ2) is 7.58. The molecular formula is C28H25F2N5O2. The molecule has 4 heterocycles. The third-order valence-corrected chi connectivity index (χ3v) is 8.16. The number of pyridine rings is 1. The third-order valence-electron chi connectivity index (χ3n) is 8.16. The molecule has 188 valence electrons. The molecule has 7 rings (SSSR count). The number of ether oxygens (including phenoxy) is 1. The highest BCUT2D eigenvalue weighted by molar-refractivity contribution is 5.98. The molecule has 0 radical (unpaired) electrons. The molecule has 37 heavy (non-hydrogen) atoms. The van der Waals surface area contributed by atoms with Crippen molar-refractivity contribution in [3.05, 3.63) is 76.9 Å². The van der Waals surface area contributed by atoms with Crippen molar-refractivity contribution in [3.63, 3.8) is 0 Å². The van der Waals surface area contributed by atoms with Gasteiger partial charge in [-0.25, -0.2) is 4.98 Å². The first-order valence-electron chi connectivity index (χ1n) is 12.4. The molecule has 2 bridgehead atoms. The number of amides is 1. The third kappa shape index (κ3) is 3.16. The van der Waals surface area contributed by atoms with Crippen molar-refractivity contribution < 1.29 is 18.3 Å². The van der Waals surface area contributed by atoms with E-state index in [4.69, 9.17) is 20.4 Å². The van der Waals surface area contributed by atoms with Gasteiger partial charge in [0.05, 0.1) is 34.3 Å². The SMILES string of the molecule is CN1C(=O)c2cccc(OC(F)F)c2[C@H]2C[C@@H]1c1nc3ccc(-c4cnc5c(c4)CC[C@]5(C)N)cc3n12. The normalized spacial score (nSPS) is 23.8. The average molecular weight is 502 g/mol. The van der Waals surface area contributed by atoms with Crippen molar-refractivity contribution in [2.75, 3.05) is 7.05 Å². The number of nitrogens with zero attached hydrogens (tertiary/aromatic N) is 4. The van der Waals surface area contributed by atoms with Gasteiger partial charge in [-0.3, -0.25) is 9.78 Å². The molecule has 0 saturated heterocycles. The highest BCUT2D eigenvalue weighted by Gasteiger charge is 2.45. The molecule has 2 aromatic carbocycles. The Morgan fingerprint density at radius 1 is 1.16 bits per heavy atom. The number of hydrogen-bond donors (Lipinski definition) is 1. The van der Waals surface area contributed by atoms with Crippen LogP contribution in [0, 0.1) is 0 Å². The van der Waals surface area contributed by atoms with Gasteiger partial charge < -0.3 is 19.9 Å². The molecule has 9 heteroatoms. The highest BCUT2D eigenvalue weighted by atomic mass is 19.3. The molecule has 1 aliphatic carbocycles. The lowest BCUT2D eigenvalue weighted by Gasteiger charge is -2.24. The fourth-order valence-corrected chi connectivity index (χ4v) is 6.34. The molecule has 0 fully saturated rings. The Morgan fingerprint density at radius 3 is 2.81 bits per heavy atom. The summed E-state index contributed by atoms with van der Waals surface area (Å²) < 4.78 is 33.6. The number of carbonyl (C=O) groups is 1. The summed E-state index contributed by atoms with van der Waals surface area (Å²) in [6.07, 6.45) is 4.15. The van der Waals surface area contributed by atoms with Crippen LogP contribution in [-0.4, -0.2) is 39.0 Å². The predicted molar refractivity (Wildman–Crippen MR) is 133 cm³/mol. The van der Waals surface area contributed by atoms with Gasteiger partial charge in [-0.2, -0.15) is 8.78 Å². The summed E-state index contributed by atoms with van der Waals surface area (Å²) in [5.41, 5.74) is 12.6. The van der Waals surface area contributed by atoms with Crippen molar-refractivity contribution >= 4 is 16.9 Å². The molecule has 2 aliphatic heterocycles. The lowest BCUT2D eigenvalue weighted by atomic mass is 9.97. The summed E-state index contributed by atoms with van der Waals surface area (Å²) in [6.45, 7) is -0.979. The Labute approximate surface area is 211 Å². The fourth-order valence-electron chi connectivity index (χ4n) is 6.34. The van der Waals surface area contributed by atoms with Crippen LogP contribution in [0.15, 0.2) is 48.7 Å². The molecule has 0 spiro atoms.